The summed E-state index contributed by atoms with van der Waals surface area (Å²) in [4.78, 5) is 72.6. The molecule has 0 radical (unpaired) electrons. The van der Waals surface area contributed by atoms with Gasteiger partial charge in [-0.25, -0.2) is 4.98 Å². The zero-order valence-electron chi connectivity index (χ0n) is 43.8. The van der Waals surface area contributed by atoms with Crippen molar-refractivity contribution in [2.75, 3.05) is 39.3 Å². The highest BCUT2D eigenvalue weighted by Gasteiger charge is 2.48. The number of amides is 3. The van der Waals surface area contributed by atoms with E-state index >= 15 is 0 Å². The number of unbranched alkanes of at least 4 members (excludes halogenated alkanes) is 1. The van der Waals surface area contributed by atoms with Crippen molar-refractivity contribution in [1.82, 2.24) is 50.5 Å². The van der Waals surface area contributed by atoms with Crippen LogP contribution in [0.5, 0.6) is 0 Å². The molecule has 5 aliphatic heterocycles. The number of carbonyl (C=O) groups is 3. The number of carbonyl (C=O) groups excluding carboxylic acids is 3. The SMILES string of the molecule is Cc1ncsc1-c1ccc([C@H](C)NC(=O)[C@@H]2C[C@@H](O)CN2C(=O)[C@H](C2CCN(C(=O)CCCCN3CCC(c4ccc5c(c4)-n4c(nc(=O)c6c(Cl)cccc64)C54CCCCC4)CC3)CC2)N2C=C(C3CC3)NN2)cc1. The van der Waals surface area contributed by atoms with E-state index in [1.807, 2.05) is 71.9 Å². The summed E-state index contributed by atoms with van der Waals surface area (Å²) in [6.45, 7) is 8.16. The van der Waals surface area contributed by atoms with Crippen LogP contribution >= 0.6 is 22.9 Å². The molecule has 2 aliphatic carbocycles. The number of rotatable bonds is 14. The lowest BCUT2D eigenvalue weighted by molar-refractivity contribution is -0.146. The number of fused-ring (bicyclic) bond motifs is 7. The molecule has 76 heavy (non-hydrogen) atoms. The van der Waals surface area contributed by atoms with Gasteiger partial charge in [0.2, 0.25) is 17.7 Å². The third kappa shape index (κ3) is 9.75. The number of benzene rings is 3. The number of hydrogen-bond donors (Lipinski definition) is 4. The number of likely N-dealkylation sites (tertiary alicyclic amines) is 3. The standard InChI is InChI=1S/C59H71ClN10O5S/c1-36(38-12-16-42(17-13-38)54-37(2)61-35-76-54)62-55(73)50-32-44(71)33-68(50)57(75)53(69-34-47(64-65-69)40-14-15-40)41-22-29-67(30-23-41)51(72)11-4-7-26-66-27-20-39(21-28-66)43-18-19-45-49(31-43)70-48-10-8-9-46(60)52(48)56(74)63-58(70)59(45)24-5-3-6-25-59/h8-10,12-13,16-19,31,34-36,39-41,44,50,53,64-65,71H,3-7,11,14-15,20-30,32-33H2,1-2H3,(H,62,73)/t36-,44+,50-,53-/m0/s1. The molecule has 4 atom stereocenters. The van der Waals surface area contributed by atoms with Gasteiger partial charge in [-0.2, -0.15) is 4.98 Å². The van der Waals surface area contributed by atoms with Gasteiger partial charge in [-0.1, -0.05) is 73.3 Å². The van der Waals surface area contributed by atoms with Gasteiger partial charge in [0, 0.05) is 50.3 Å². The highest BCUT2D eigenvalue weighted by atomic mass is 35.5. The molecule has 0 bridgehead atoms. The minimum Gasteiger partial charge on any atom is -0.391 e. The van der Waals surface area contributed by atoms with Crippen molar-refractivity contribution in [2.45, 2.75) is 146 Å². The summed E-state index contributed by atoms with van der Waals surface area (Å²) in [5.74, 6) is 1.39. The van der Waals surface area contributed by atoms with Gasteiger partial charge in [-0.05, 0) is 150 Å². The number of β-amino-alcohol motifs (C(OH)–C–C–N with tert-alkyl or cyclic N) is 1. The summed E-state index contributed by atoms with van der Waals surface area (Å²) in [5.41, 5.74) is 16.7. The van der Waals surface area contributed by atoms with Crippen LogP contribution in [0.2, 0.25) is 5.02 Å². The van der Waals surface area contributed by atoms with Crippen LogP contribution in [0.25, 0.3) is 27.0 Å². The second kappa shape index (κ2) is 21.3. The van der Waals surface area contributed by atoms with Crippen molar-refractivity contribution in [1.29, 1.82) is 0 Å². The van der Waals surface area contributed by atoms with Crippen molar-refractivity contribution in [2.24, 2.45) is 11.8 Å². The molecule has 12 rings (SSSR count). The summed E-state index contributed by atoms with van der Waals surface area (Å²) in [5, 5.41) is 17.0. The first-order chi connectivity index (χ1) is 36.9. The Morgan fingerprint density at radius 3 is 2.45 bits per heavy atom. The van der Waals surface area contributed by atoms with Gasteiger partial charge in [-0.3, -0.25) is 28.8 Å². The largest absolute Gasteiger partial charge is 0.391 e. The molecule has 2 aromatic heterocycles. The molecular formula is C59H71ClN10O5S. The van der Waals surface area contributed by atoms with E-state index in [2.05, 4.69) is 48.9 Å². The molecule has 7 heterocycles. The molecule has 1 spiro atoms. The molecule has 15 nitrogen and oxygen atoms in total. The first-order valence-corrected chi connectivity index (χ1v) is 29.4. The summed E-state index contributed by atoms with van der Waals surface area (Å²) < 4.78 is 2.25. The van der Waals surface area contributed by atoms with Gasteiger partial charge in [0.15, 0.2) is 0 Å². The molecule has 3 amide bonds. The number of allylic oxidation sites excluding steroid dienone is 1. The quantitative estimate of drug-likeness (QED) is 0.0789. The normalized spacial score (nSPS) is 22.6. The van der Waals surface area contributed by atoms with Gasteiger partial charge in [0.05, 0.1) is 55.3 Å². The fourth-order valence-electron chi connectivity index (χ4n) is 13.7. The van der Waals surface area contributed by atoms with Crippen LogP contribution in [0, 0.1) is 18.8 Å². The molecule has 4 N–H and O–H groups in total. The van der Waals surface area contributed by atoms with Gasteiger partial charge in [0.25, 0.3) is 5.56 Å². The monoisotopic (exact) mass is 1070 g/mol. The lowest BCUT2D eigenvalue weighted by atomic mass is 9.69. The number of nitrogens with one attached hydrogen (secondary N) is 3. The Hall–Kier alpha value is -5.65. The first kappa shape index (κ1) is 51.1. The number of nitrogens with zero attached hydrogens (tertiary/aromatic N) is 7. The van der Waals surface area contributed by atoms with Crippen molar-refractivity contribution in [3.8, 4) is 16.1 Å². The third-order valence-electron chi connectivity index (χ3n) is 18.1. The number of thiazole rings is 1. The fourth-order valence-corrected chi connectivity index (χ4v) is 14.8. The molecular weight excluding hydrogens is 996 g/mol. The molecule has 3 aromatic carbocycles. The lowest BCUT2D eigenvalue weighted by Crippen LogP contribution is -2.59. The van der Waals surface area contributed by atoms with Gasteiger partial charge in [-0.15, -0.1) is 16.9 Å². The Morgan fingerprint density at radius 2 is 1.71 bits per heavy atom. The maximum atomic E-state index is 14.9. The molecule has 3 saturated heterocycles. The van der Waals surface area contributed by atoms with Gasteiger partial charge >= 0.3 is 0 Å². The predicted octanol–water partition coefficient (Wildman–Crippen LogP) is 8.41. The average Bonchev–Trinajstić information content (AvgIpc) is 3.74. The number of piperidine rings is 2. The van der Waals surface area contributed by atoms with E-state index in [9.17, 15) is 24.3 Å². The van der Waals surface area contributed by atoms with Gasteiger partial charge < -0.3 is 30.5 Å². The van der Waals surface area contributed by atoms with Crippen molar-refractivity contribution in [3.63, 3.8) is 0 Å². The number of aliphatic hydroxyl groups is 1. The van der Waals surface area contributed by atoms with Crippen LogP contribution in [-0.2, 0) is 19.8 Å². The third-order valence-corrected chi connectivity index (χ3v) is 19.4. The summed E-state index contributed by atoms with van der Waals surface area (Å²) >= 11 is 8.24. The van der Waals surface area contributed by atoms with Crippen LogP contribution in [0.3, 0.4) is 0 Å². The second-order valence-corrected chi connectivity index (χ2v) is 24.1. The van der Waals surface area contributed by atoms with E-state index < -0.39 is 18.2 Å². The molecule has 17 heteroatoms. The molecule has 2 saturated carbocycles. The second-order valence-electron chi connectivity index (χ2n) is 22.9. The highest BCUT2D eigenvalue weighted by Crippen LogP contribution is 2.52. The minimum absolute atomic E-state index is 0.0763. The number of aliphatic hydroxyl groups excluding tert-OH is 1. The Balaban J connectivity index is 0.637. The molecule has 0 unspecified atom stereocenters. The van der Waals surface area contributed by atoms with E-state index in [0.29, 0.717) is 54.6 Å². The Labute approximate surface area is 454 Å². The van der Waals surface area contributed by atoms with E-state index in [1.54, 1.807) is 22.3 Å². The molecule has 5 fully saturated rings. The number of hydrogen-bond acceptors (Lipinski definition) is 12. The van der Waals surface area contributed by atoms with Crippen molar-refractivity contribution >= 4 is 51.6 Å². The van der Waals surface area contributed by atoms with E-state index in [0.717, 1.165) is 128 Å². The zero-order valence-corrected chi connectivity index (χ0v) is 45.4. The molecule has 400 valence electrons. The maximum Gasteiger partial charge on any atom is 0.282 e. The highest BCUT2D eigenvalue weighted by molar-refractivity contribution is 7.13. The number of hydrazine groups is 2. The average molecular weight is 1070 g/mol. The topological polar surface area (TPSA) is 168 Å². The van der Waals surface area contributed by atoms with Crippen molar-refractivity contribution in [3.05, 3.63) is 122 Å². The van der Waals surface area contributed by atoms with Crippen LogP contribution in [0.4, 0.5) is 0 Å². The predicted molar refractivity (Wildman–Crippen MR) is 295 cm³/mol. The summed E-state index contributed by atoms with van der Waals surface area (Å²) in [6.07, 6.45) is 14.8. The maximum absolute atomic E-state index is 14.9. The van der Waals surface area contributed by atoms with Crippen LogP contribution < -0.4 is 21.8 Å². The fraction of sp³-hybridized carbons (Fsp3) is 0.525. The Kier molecular flexibility index (Phi) is 14.3. The summed E-state index contributed by atoms with van der Waals surface area (Å²) in [6, 6.07) is 19.2. The van der Waals surface area contributed by atoms with E-state index in [4.69, 9.17) is 16.6 Å². The smallest absolute Gasteiger partial charge is 0.282 e. The number of aromatic nitrogens is 3. The van der Waals surface area contributed by atoms with Gasteiger partial charge in [0.1, 0.15) is 17.9 Å². The van der Waals surface area contributed by atoms with E-state index in [-0.39, 0.29) is 53.6 Å². The molecule has 7 aliphatic rings. The first-order valence-electron chi connectivity index (χ1n) is 28.1. The van der Waals surface area contributed by atoms with E-state index in [1.165, 1.54) is 17.5 Å². The number of aryl methyl sites for hydroxylation is 1. The van der Waals surface area contributed by atoms with Crippen LogP contribution in [0.1, 0.15) is 143 Å². The lowest BCUT2D eigenvalue weighted by Gasteiger charge is -2.40. The van der Waals surface area contributed by atoms with Crippen molar-refractivity contribution < 1.29 is 19.5 Å². The minimum atomic E-state index is -0.814. The number of halogens is 1. The Bertz CT molecular complexity index is 3100. The molecule has 5 aromatic rings. The van der Waals surface area contributed by atoms with Crippen LogP contribution in [0.15, 0.2) is 82.9 Å². The summed E-state index contributed by atoms with van der Waals surface area (Å²) in [7, 11) is 0. The van der Waals surface area contributed by atoms with Crippen LogP contribution in [-0.4, -0.2) is 115 Å². The Morgan fingerprint density at radius 1 is 0.934 bits per heavy atom. The zero-order chi connectivity index (χ0) is 52.2.